The molecule has 3 N–H and O–H groups in total. The van der Waals surface area contributed by atoms with Crippen molar-refractivity contribution < 1.29 is 4.79 Å². The van der Waals surface area contributed by atoms with E-state index in [0.717, 1.165) is 19.4 Å². The average molecular weight is 254 g/mol. The van der Waals surface area contributed by atoms with Gasteiger partial charge in [0.25, 0.3) is 0 Å². The molecule has 0 aromatic carbocycles. The Morgan fingerprint density at radius 2 is 1.94 bits per heavy atom. The predicted molar refractivity (Wildman–Crippen MR) is 76.2 cm³/mol. The predicted octanol–water partition coefficient (Wildman–Crippen LogP) is 2.84. The molecule has 1 aliphatic carbocycles. The van der Waals surface area contributed by atoms with Crippen LogP contribution in [0, 0.1) is 11.3 Å². The fourth-order valence-corrected chi connectivity index (χ4v) is 3.29. The smallest absolute Gasteiger partial charge is 0.236 e. The Kier molecular flexibility index (Phi) is 6.13. The summed E-state index contributed by atoms with van der Waals surface area (Å²) < 4.78 is 0. The summed E-state index contributed by atoms with van der Waals surface area (Å²) in [5.41, 5.74) is 6.19. The van der Waals surface area contributed by atoms with E-state index in [-0.39, 0.29) is 11.9 Å². The van der Waals surface area contributed by atoms with Crippen LogP contribution in [-0.2, 0) is 4.79 Å². The van der Waals surface area contributed by atoms with Crippen LogP contribution in [0.2, 0.25) is 0 Å². The highest BCUT2D eigenvalue weighted by Gasteiger charge is 2.34. The van der Waals surface area contributed by atoms with Crippen molar-refractivity contribution in [2.75, 3.05) is 6.54 Å². The SMILES string of the molecule is CCCC(N)C(=O)NCC1(CC(C)C)CCCC1. The Hall–Kier alpha value is -0.570. The highest BCUT2D eigenvalue weighted by Crippen LogP contribution is 2.42. The first-order valence-electron chi connectivity index (χ1n) is 7.52. The molecular formula is C15H30N2O. The van der Waals surface area contributed by atoms with Crippen molar-refractivity contribution in [1.29, 1.82) is 0 Å². The summed E-state index contributed by atoms with van der Waals surface area (Å²) >= 11 is 0. The molecule has 1 rings (SSSR count). The van der Waals surface area contributed by atoms with Crippen LogP contribution in [0.4, 0.5) is 0 Å². The minimum absolute atomic E-state index is 0.0341. The third kappa shape index (κ3) is 4.60. The van der Waals surface area contributed by atoms with Crippen LogP contribution < -0.4 is 11.1 Å². The van der Waals surface area contributed by atoms with Crippen molar-refractivity contribution in [2.45, 2.75) is 71.8 Å². The summed E-state index contributed by atoms with van der Waals surface area (Å²) in [4.78, 5) is 11.9. The van der Waals surface area contributed by atoms with Crippen molar-refractivity contribution in [3.05, 3.63) is 0 Å². The molecule has 1 saturated carbocycles. The van der Waals surface area contributed by atoms with Gasteiger partial charge in [-0.1, -0.05) is 40.0 Å². The maximum atomic E-state index is 11.9. The van der Waals surface area contributed by atoms with E-state index < -0.39 is 0 Å². The van der Waals surface area contributed by atoms with Gasteiger partial charge in [-0.3, -0.25) is 4.79 Å². The first kappa shape index (κ1) is 15.5. The molecule has 0 bridgehead atoms. The van der Waals surface area contributed by atoms with E-state index in [4.69, 9.17) is 5.73 Å². The van der Waals surface area contributed by atoms with Gasteiger partial charge in [0.1, 0.15) is 0 Å². The maximum absolute atomic E-state index is 11.9. The molecule has 1 fully saturated rings. The largest absolute Gasteiger partial charge is 0.354 e. The van der Waals surface area contributed by atoms with E-state index in [1.807, 2.05) is 0 Å². The monoisotopic (exact) mass is 254 g/mol. The Bertz CT molecular complexity index is 257. The molecule has 3 heteroatoms. The van der Waals surface area contributed by atoms with Gasteiger partial charge in [-0.05, 0) is 37.0 Å². The molecule has 0 saturated heterocycles. The Balaban J connectivity index is 2.45. The van der Waals surface area contributed by atoms with Gasteiger partial charge in [-0.2, -0.15) is 0 Å². The molecular weight excluding hydrogens is 224 g/mol. The molecule has 0 aliphatic heterocycles. The summed E-state index contributed by atoms with van der Waals surface area (Å²) in [6.45, 7) is 7.42. The molecule has 106 valence electrons. The number of hydrogen-bond acceptors (Lipinski definition) is 2. The van der Waals surface area contributed by atoms with Gasteiger partial charge < -0.3 is 11.1 Å². The maximum Gasteiger partial charge on any atom is 0.236 e. The van der Waals surface area contributed by atoms with Crippen molar-refractivity contribution >= 4 is 5.91 Å². The van der Waals surface area contributed by atoms with Crippen LogP contribution in [0.25, 0.3) is 0 Å². The Morgan fingerprint density at radius 1 is 1.33 bits per heavy atom. The summed E-state index contributed by atoms with van der Waals surface area (Å²) in [7, 11) is 0. The van der Waals surface area contributed by atoms with Gasteiger partial charge in [0.15, 0.2) is 0 Å². The van der Waals surface area contributed by atoms with E-state index >= 15 is 0 Å². The number of carbonyl (C=O) groups is 1. The number of rotatable bonds is 7. The molecule has 1 aliphatic rings. The fourth-order valence-electron chi connectivity index (χ4n) is 3.29. The Labute approximate surface area is 112 Å². The molecule has 1 amide bonds. The second kappa shape index (κ2) is 7.13. The molecule has 3 nitrogen and oxygen atoms in total. The van der Waals surface area contributed by atoms with E-state index in [2.05, 4.69) is 26.1 Å². The summed E-state index contributed by atoms with van der Waals surface area (Å²) in [5, 5.41) is 3.09. The van der Waals surface area contributed by atoms with Crippen LogP contribution in [0.3, 0.4) is 0 Å². The number of nitrogens with one attached hydrogen (secondary N) is 1. The first-order valence-corrected chi connectivity index (χ1v) is 7.52. The fraction of sp³-hybridized carbons (Fsp3) is 0.933. The van der Waals surface area contributed by atoms with Gasteiger partial charge >= 0.3 is 0 Å². The van der Waals surface area contributed by atoms with Crippen LogP contribution in [0.1, 0.15) is 65.7 Å². The Morgan fingerprint density at radius 3 is 2.44 bits per heavy atom. The zero-order valence-electron chi connectivity index (χ0n) is 12.3. The topological polar surface area (TPSA) is 55.1 Å². The molecule has 1 unspecified atom stereocenters. The van der Waals surface area contributed by atoms with Gasteiger partial charge in [-0.15, -0.1) is 0 Å². The molecule has 0 radical (unpaired) electrons. The highest BCUT2D eigenvalue weighted by molar-refractivity contribution is 5.81. The van der Waals surface area contributed by atoms with E-state index in [0.29, 0.717) is 11.3 Å². The molecule has 0 aromatic heterocycles. The first-order chi connectivity index (χ1) is 8.49. The summed E-state index contributed by atoms with van der Waals surface area (Å²) in [6.07, 6.45) is 8.10. The third-order valence-electron chi connectivity index (χ3n) is 4.08. The van der Waals surface area contributed by atoms with E-state index in [1.165, 1.54) is 32.1 Å². The summed E-state index contributed by atoms with van der Waals surface area (Å²) in [5.74, 6) is 0.733. The normalized spacial score (nSPS) is 20.1. The van der Waals surface area contributed by atoms with Crippen LogP contribution in [0.5, 0.6) is 0 Å². The number of carbonyl (C=O) groups excluding carboxylic acids is 1. The van der Waals surface area contributed by atoms with E-state index in [9.17, 15) is 4.79 Å². The second-order valence-corrected chi connectivity index (χ2v) is 6.42. The number of hydrogen-bond donors (Lipinski definition) is 2. The van der Waals surface area contributed by atoms with Crippen molar-refractivity contribution in [3.63, 3.8) is 0 Å². The van der Waals surface area contributed by atoms with Gasteiger partial charge in [0.2, 0.25) is 5.91 Å². The van der Waals surface area contributed by atoms with Gasteiger partial charge in [-0.25, -0.2) is 0 Å². The lowest BCUT2D eigenvalue weighted by Crippen LogP contribution is -2.45. The van der Waals surface area contributed by atoms with Crippen molar-refractivity contribution in [1.82, 2.24) is 5.32 Å². The highest BCUT2D eigenvalue weighted by atomic mass is 16.2. The van der Waals surface area contributed by atoms with E-state index in [1.54, 1.807) is 0 Å². The molecule has 0 spiro atoms. The summed E-state index contributed by atoms with van der Waals surface area (Å²) in [6, 6.07) is -0.326. The van der Waals surface area contributed by atoms with Crippen molar-refractivity contribution in [2.24, 2.45) is 17.1 Å². The van der Waals surface area contributed by atoms with Gasteiger partial charge in [0, 0.05) is 6.54 Å². The molecule has 1 atom stereocenters. The lowest BCUT2D eigenvalue weighted by molar-refractivity contribution is -0.123. The lowest BCUT2D eigenvalue weighted by Gasteiger charge is -2.31. The van der Waals surface area contributed by atoms with Gasteiger partial charge in [0.05, 0.1) is 6.04 Å². The number of nitrogens with two attached hydrogens (primary N) is 1. The van der Waals surface area contributed by atoms with Crippen LogP contribution >= 0.6 is 0 Å². The minimum atomic E-state index is -0.326. The van der Waals surface area contributed by atoms with Crippen molar-refractivity contribution in [3.8, 4) is 0 Å². The molecule has 18 heavy (non-hydrogen) atoms. The third-order valence-corrected chi connectivity index (χ3v) is 4.08. The lowest BCUT2D eigenvalue weighted by atomic mass is 9.78. The second-order valence-electron chi connectivity index (χ2n) is 6.42. The molecule has 0 aromatic rings. The minimum Gasteiger partial charge on any atom is -0.354 e. The number of amides is 1. The van der Waals surface area contributed by atoms with Crippen LogP contribution in [-0.4, -0.2) is 18.5 Å². The quantitative estimate of drug-likeness (QED) is 0.734. The standard InChI is InChI=1S/C15H30N2O/c1-4-7-13(16)14(18)17-11-15(10-12(2)3)8-5-6-9-15/h12-13H,4-11,16H2,1-3H3,(H,17,18). The zero-order valence-corrected chi connectivity index (χ0v) is 12.3. The average Bonchev–Trinajstić information content (AvgIpc) is 2.74. The van der Waals surface area contributed by atoms with Crippen LogP contribution in [0.15, 0.2) is 0 Å². The molecule has 0 heterocycles. The zero-order chi connectivity index (χ0) is 13.6.